The molecule has 1 amide bonds. The highest BCUT2D eigenvalue weighted by atomic mass is 32.2. The SMILES string of the molecule is CCc1ccc(NC(=O)CSc2nccn2-c2ccc(OC)cc2OC)cc1. The molecule has 0 unspecified atom stereocenters. The summed E-state index contributed by atoms with van der Waals surface area (Å²) in [6.45, 7) is 2.10. The van der Waals surface area contributed by atoms with Crippen LogP contribution in [0.2, 0.25) is 0 Å². The number of carbonyl (C=O) groups is 1. The van der Waals surface area contributed by atoms with Gasteiger partial charge in [0.1, 0.15) is 11.5 Å². The second kappa shape index (κ2) is 9.32. The van der Waals surface area contributed by atoms with Crippen LogP contribution in [0.3, 0.4) is 0 Å². The van der Waals surface area contributed by atoms with E-state index in [4.69, 9.17) is 9.47 Å². The number of rotatable bonds is 8. The molecule has 0 aliphatic heterocycles. The first-order valence-corrected chi connectivity index (χ1v) is 9.90. The minimum atomic E-state index is -0.0782. The van der Waals surface area contributed by atoms with Crippen molar-refractivity contribution in [2.45, 2.75) is 18.5 Å². The van der Waals surface area contributed by atoms with Crippen molar-refractivity contribution in [3.63, 3.8) is 0 Å². The number of nitrogens with one attached hydrogen (secondary N) is 1. The lowest BCUT2D eigenvalue weighted by Crippen LogP contribution is -2.14. The first-order valence-electron chi connectivity index (χ1n) is 8.92. The zero-order chi connectivity index (χ0) is 19.9. The molecule has 0 aliphatic rings. The molecule has 0 fully saturated rings. The third-order valence-electron chi connectivity index (χ3n) is 4.23. The van der Waals surface area contributed by atoms with E-state index in [9.17, 15) is 4.79 Å². The third kappa shape index (κ3) is 4.67. The molecule has 1 aromatic heterocycles. The topological polar surface area (TPSA) is 65.4 Å². The van der Waals surface area contributed by atoms with Gasteiger partial charge in [0.05, 0.1) is 25.7 Å². The summed E-state index contributed by atoms with van der Waals surface area (Å²) in [7, 11) is 3.22. The Balaban J connectivity index is 1.68. The number of benzene rings is 2. The summed E-state index contributed by atoms with van der Waals surface area (Å²) in [5.74, 6) is 1.55. The fraction of sp³-hybridized carbons (Fsp3) is 0.238. The number of amides is 1. The summed E-state index contributed by atoms with van der Waals surface area (Å²) in [6.07, 6.45) is 4.52. The van der Waals surface area contributed by atoms with Crippen LogP contribution in [0.5, 0.6) is 11.5 Å². The maximum atomic E-state index is 12.3. The average molecular weight is 398 g/mol. The molecule has 146 valence electrons. The average Bonchev–Trinajstić information content (AvgIpc) is 3.20. The minimum Gasteiger partial charge on any atom is -0.497 e. The highest BCUT2D eigenvalue weighted by Gasteiger charge is 2.13. The van der Waals surface area contributed by atoms with E-state index in [0.717, 1.165) is 17.8 Å². The molecular weight excluding hydrogens is 374 g/mol. The predicted octanol–water partition coefficient (Wildman–Crippen LogP) is 4.18. The van der Waals surface area contributed by atoms with Crippen LogP contribution in [-0.2, 0) is 11.2 Å². The number of imidazole rings is 1. The van der Waals surface area contributed by atoms with Crippen LogP contribution in [-0.4, -0.2) is 35.4 Å². The summed E-state index contributed by atoms with van der Waals surface area (Å²) in [5.41, 5.74) is 2.87. The van der Waals surface area contributed by atoms with Gasteiger partial charge in [-0.15, -0.1) is 0 Å². The van der Waals surface area contributed by atoms with Crippen molar-refractivity contribution in [3.8, 4) is 17.2 Å². The van der Waals surface area contributed by atoms with Crippen LogP contribution in [0.4, 0.5) is 5.69 Å². The molecule has 0 saturated heterocycles. The molecule has 0 radical (unpaired) electrons. The van der Waals surface area contributed by atoms with Crippen molar-refractivity contribution in [1.82, 2.24) is 9.55 Å². The van der Waals surface area contributed by atoms with E-state index in [-0.39, 0.29) is 11.7 Å². The third-order valence-corrected chi connectivity index (χ3v) is 5.20. The number of anilines is 1. The molecule has 3 aromatic rings. The van der Waals surface area contributed by atoms with Crippen molar-refractivity contribution >= 4 is 23.4 Å². The number of hydrogen-bond acceptors (Lipinski definition) is 5. The van der Waals surface area contributed by atoms with E-state index in [1.165, 1.54) is 17.3 Å². The Morgan fingerprint density at radius 3 is 2.61 bits per heavy atom. The van der Waals surface area contributed by atoms with Crippen LogP contribution in [0.15, 0.2) is 60.0 Å². The van der Waals surface area contributed by atoms with Crippen LogP contribution in [0.1, 0.15) is 12.5 Å². The van der Waals surface area contributed by atoms with Gasteiger partial charge in [0.15, 0.2) is 5.16 Å². The Kier molecular flexibility index (Phi) is 6.60. The summed E-state index contributed by atoms with van der Waals surface area (Å²) in [5, 5.41) is 3.62. The predicted molar refractivity (Wildman–Crippen MR) is 112 cm³/mol. The van der Waals surface area contributed by atoms with Gasteiger partial charge in [0.2, 0.25) is 5.91 Å². The molecule has 0 bridgehead atoms. The normalized spacial score (nSPS) is 10.5. The summed E-state index contributed by atoms with van der Waals surface area (Å²) >= 11 is 1.37. The van der Waals surface area contributed by atoms with E-state index >= 15 is 0 Å². The number of ether oxygens (including phenoxy) is 2. The molecule has 1 N–H and O–H groups in total. The Labute approximate surface area is 168 Å². The van der Waals surface area contributed by atoms with Gasteiger partial charge in [-0.25, -0.2) is 4.98 Å². The summed E-state index contributed by atoms with van der Waals surface area (Å²) < 4.78 is 12.6. The molecule has 0 spiro atoms. The number of carbonyl (C=O) groups excluding carboxylic acids is 1. The second-order valence-electron chi connectivity index (χ2n) is 6.00. The van der Waals surface area contributed by atoms with Crippen LogP contribution >= 0.6 is 11.8 Å². The summed E-state index contributed by atoms with van der Waals surface area (Å²) in [4.78, 5) is 16.7. The lowest BCUT2D eigenvalue weighted by atomic mass is 10.1. The van der Waals surface area contributed by atoms with Gasteiger partial charge in [-0.2, -0.15) is 0 Å². The highest BCUT2D eigenvalue weighted by molar-refractivity contribution is 7.99. The molecule has 0 saturated carbocycles. The Hall–Kier alpha value is -2.93. The smallest absolute Gasteiger partial charge is 0.234 e. The zero-order valence-electron chi connectivity index (χ0n) is 16.1. The lowest BCUT2D eigenvalue weighted by Gasteiger charge is -2.13. The van der Waals surface area contributed by atoms with E-state index in [0.29, 0.717) is 16.7 Å². The van der Waals surface area contributed by atoms with Crippen molar-refractivity contribution in [2.24, 2.45) is 0 Å². The van der Waals surface area contributed by atoms with Gasteiger partial charge >= 0.3 is 0 Å². The highest BCUT2D eigenvalue weighted by Crippen LogP contribution is 2.30. The molecule has 1 heterocycles. The van der Waals surface area contributed by atoms with Gasteiger partial charge in [-0.05, 0) is 36.2 Å². The molecule has 7 heteroatoms. The number of hydrogen-bond donors (Lipinski definition) is 1. The van der Waals surface area contributed by atoms with Gasteiger partial charge in [-0.3, -0.25) is 9.36 Å². The van der Waals surface area contributed by atoms with Gasteiger partial charge < -0.3 is 14.8 Å². The molecular formula is C21H23N3O3S. The molecule has 0 aliphatic carbocycles. The number of aromatic nitrogens is 2. The first kappa shape index (κ1) is 19.8. The van der Waals surface area contributed by atoms with Crippen molar-refractivity contribution in [3.05, 3.63) is 60.4 Å². The van der Waals surface area contributed by atoms with Crippen molar-refractivity contribution in [2.75, 3.05) is 25.3 Å². The largest absolute Gasteiger partial charge is 0.497 e. The molecule has 3 rings (SSSR count). The summed E-state index contributed by atoms with van der Waals surface area (Å²) in [6, 6.07) is 13.5. The van der Waals surface area contributed by atoms with E-state index in [1.807, 2.05) is 53.2 Å². The second-order valence-corrected chi connectivity index (χ2v) is 6.95. The van der Waals surface area contributed by atoms with E-state index < -0.39 is 0 Å². The Bertz CT molecular complexity index is 938. The van der Waals surface area contributed by atoms with Gasteiger partial charge in [0, 0.05) is 24.1 Å². The quantitative estimate of drug-likeness (QED) is 0.578. The van der Waals surface area contributed by atoms with E-state index in [1.54, 1.807) is 20.4 Å². The van der Waals surface area contributed by atoms with Crippen LogP contribution < -0.4 is 14.8 Å². The van der Waals surface area contributed by atoms with Crippen LogP contribution in [0, 0.1) is 0 Å². The monoisotopic (exact) mass is 397 g/mol. The van der Waals surface area contributed by atoms with Gasteiger partial charge in [0.25, 0.3) is 0 Å². The molecule has 28 heavy (non-hydrogen) atoms. The van der Waals surface area contributed by atoms with Crippen molar-refractivity contribution in [1.29, 1.82) is 0 Å². The molecule has 0 atom stereocenters. The number of nitrogens with zero attached hydrogens (tertiary/aromatic N) is 2. The fourth-order valence-corrected chi connectivity index (χ4v) is 3.48. The maximum absolute atomic E-state index is 12.3. The zero-order valence-corrected chi connectivity index (χ0v) is 17.0. The lowest BCUT2D eigenvalue weighted by molar-refractivity contribution is -0.113. The van der Waals surface area contributed by atoms with E-state index in [2.05, 4.69) is 17.2 Å². The number of thioether (sulfide) groups is 1. The Morgan fingerprint density at radius 1 is 1.14 bits per heavy atom. The molecule has 6 nitrogen and oxygen atoms in total. The maximum Gasteiger partial charge on any atom is 0.234 e. The van der Waals surface area contributed by atoms with Crippen molar-refractivity contribution < 1.29 is 14.3 Å². The fourth-order valence-electron chi connectivity index (χ4n) is 2.71. The molecule has 2 aromatic carbocycles. The first-order chi connectivity index (χ1) is 13.6. The number of aryl methyl sites for hydroxylation is 1. The minimum absolute atomic E-state index is 0.0782. The number of methoxy groups -OCH3 is 2. The Morgan fingerprint density at radius 2 is 1.93 bits per heavy atom. The van der Waals surface area contributed by atoms with Crippen LogP contribution in [0.25, 0.3) is 5.69 Å². The standard InChI is InChI=1S/C21H23N3O3S/c1-4-15-5-7-16(8-6-15)23-20(25)14-28-21-22-11-12-24(21)18-10-9-17(26-2)13-19(18)27-3/h5-13H,4,14H2,1-3H3,(H,23,25). The van der Waals surface area contributed by atoms with Gasteiger partial charge in [-0.1, -0.05) is 30.8 Å².